The van der Waals surface area contributed by atoms with Crippen LogP contribution >= 0.6 is 35.7 Å². The van der Waals surface area contributed by atoms with Crippen LogP contribution in [-0.4, -0.2) is 29.9 Å². The summed E-state index contributed by atoms with van der Waals surface area (Å²) in [4.78, 5) is 12.5. The molecule has 1 heterocycles. The number of anilines is 1. The third-order valence-electron chi connectivity index (χ3n) is 5.67. The summed E-state index contributed by atoms with van der Waals surface area (Å²) in [5.41, 5.74) is 3.21. The molecule has 4 nitrogen and oxygen atoms in total. The number of benzene rings is 2. The van der Waals surface area contributed by atoms with Crippen LogP contribution in [0.4, 0.5) is 11.4 Å². The highest BCUT2D eigenvalue weighted by Gasteiger charge is 2.49. The molecule has 1 aliphatic carbocycles. The van der Waals surface area contributed by atoms with Gasteiger partial charge < -0.3 is 9.64 Å². The van der Waals surface area contributed by atoms with Gasteiger partial charge in [0, 0.05) is 5.69 Å². The van der Waals surface area contributed by atoms with Crippen molar-refractivity contribution in [2.24, 2.45) is 9.98 Å². The number of ether oxygens (including phenoxy) is 1. The van der Waals surface area contributed by atoms with E-state index in [1.165, 1.54) is 24.8 Å². The molecular weight excluding hydrogens is 493 g/mol. The molecule has 0 N–H and O–H groups in total. The number of aryl methyl sites for hydroxylation is 1. The molecule has 2 aromatic rings. The Bertz CT molecular complexity index is 905. The molecule has 0 radical (unpaired) electrons. The molecule has 0 amide bonds. The number of halogens is 1. The van der Waals surface area contributed by atoms with Gasteiger partial charge in [-0.2, -0.15) is 0 Å². The van der Waals surface area contributed by atoms with E-state index in [1.54, 1.807) is 18.9 Å². The third-order valence-corrected chi connectivity index (χ3v) is 6.31. The molecule has 1 aliphatic heterocycles. The maximum Gasteiger partial charge on any atom is 0.170 e. The third kappa shape index (κ3) is 4.33. The van der Waals surface area contributed by atoms with Crippen LogP contribution in [0.2, 0.25) is 0 Å². The molecule has 4 rings (SSSR count). The molecule has 1 spiro atoms. The van der Waals surface area contributed by atoms with E-state index >= 15 is 0 Å². The van der Waals surface area contributed by atoms with E-state index in [0.717, 1.165) is 41.0 Å². The van der Waals surface area contributed by atoms with Crippen molar-refractivity contribution >= 4 is 58.1 Å². The standard InChI is InChI=1S/C23H27N3OS.HI/c1-17-8-7-9-18(16-17)24-21-23(14-5-4-6-15-23)26(22(25-21)28-3)19-10-12-20(27-2)13-11-19;/h7-13,16H,4-6,14-15H2,1-3H3;1H. The lowest BCUT2D eigenvalue weighted by Crippen LogP contribution is -2.52. The number of methoxy groups -OCH3 is 1. The van der Waals surface area contributed by atoms with Crippen LogP contribution in [0.3, 0.4) is 0 Å². The minimum atomic E-state index is -0.158. The van der Waals surface area contributed by atoms with Gasteiger partial charge >= 0.3 is 0 Å². The lowest BCUT2D eigenvalue weighted by molar-refractivity contribution is 0.385. The molecule has 0 atom stereocenters. The highest BCUT2D eigenvalue weighted by Crippen LogP contribution is 2.44. The Hall–Kier alpha value is -1.54. The average molecular weight is 521 g/mol. The fourth-order valence-electron chi connectivity index (χ4n) is 4.29. The van der Waals surface area contributed by atoms with Crippen molar-refractivity contribution in [1.29, 1.82) is 0 Å². The fourth-order valence-corrected chi connectivity index (χ4v) is 4.93. The van der Waals surface area contributed by atoms with Crippen molar-refractivity contribution < 1.29 is 4.74 Å². The van der Waals surface area contributed by atoms with Crippen molar-refractivity contribution in [1.82, 2.24) is 0 Å². The normalized spacial score (nSPS) is 19.2. The van der Waals surface area contributed by atoms with Gasteiger partial charge in [0.1, 0.15) is 11.3 Å². The number of hydrogen-bond donors (Lipinski definition) is 0. The van der Waals surface area contributed by atoms with Gasteiger partial charge in [-0.15, -0.1) is 24.0 Å². The van der Waals surface area contributed by atoms with Gasteiger partial charge in [0.2, 0.25) is 0 Å². The van der Waals surface area contributed by atoms with Gasteiger partial charge in [0.25, 0.3) is 0 Å². The lowest BCUT2D eigenvalue weighted by Gasteiger charge is -2.42. The van der Waals surface area contributed by atoms with Crippen LogP contribution in [0.5, 0.6) is 5.75 Å². The van der Waals surface area contributed by atoms with Crippen LogP contribution in [0.25, 0.3) is 0 Å². The summed E-state index contributed by atoms with van der Waals surface area (Å²) < 4.78 is 5.36. The minimum absolute atomic E-state index is 0. The maximum atomic E-state index is 5.36. The number of thioether (sulfide) groups is 1. The number of hydrogen-bond acceptors (Lipinski definition) is 4. The summed E-state index contributed by atoms with van der Waals surface area (Å²) in [7, 11) is 1.70. The predicted octanol–water partition coefficient (Wildman–Crippen LogP) is 6.59. The Morgan fingerprint density at radius 3 is 2.41 bits per heavy atom. The van der Waals surface area contributed by atoms with E-state index in [0.29, 0.717) is 0 Å². The predicted molar refractivity (Wildman–Crippen MR) is 136 cm³/mol. The SMILES string of the molecule is COc1ccc(N2C(SC)=NC(=Nc3cccc(C)c3)C23CCCCC3)cc1.I. The molecule has 154 valence electrons. The van der Waals surface area contributed by atoms with E-state index in [2.05, 4.69) is 54.5 Å². The van der Waals surface area contributed by atoms with Crippen molar-refractivity contribution in [3.63, 3.8) is 0 Å². The highest BCUT2D eigenvalue weighted by atomic mass is 127. The first-order chi connectivity index (χ1) is 13.7. The number of aliphatic imine (C=N–C) groups is 2. The second-order valence-corrected chi connectivity index (χ2v) is 8.27. The minimum Gasteiger partial charge on any atom is -0.497 e. The Labute approximate surface area is 194 Å². The fraction of sp³-hybridized carbons (Fsp3) is 0.391. The number of amidine groups is 2. The van der Waals surface area contributed by atoms with Gasteiger partial charge in [0.05, 0.1) is 12.8 Å². The van der Waals surface area contributed by atoms with Gasteiger partial charge in [-0.25, -0.2) is 9.98 Å². The van der Waals surface area contributed by atoms with Crippen LogP contribution in [0.1, 0.15) is 37.7 Å². The zero-order valence-corrected chi connectivity index (χ0v) is 20.4. The van der Waals surface area contributed by atoms with E-state index in [9.17, 15) is 0 Å². The summed E-state index contributed by atoms with van der Waals surface area (Å²) in [6, 6.07) is 16.7. The summed E-state index contributed by atoms with van der Waals surface area (Å²) in [5.74, 6) is 1.83. The molecular formula is C23H28IN3OS. The largest absolute Gasteiger partial charge is 0.497 e. The topological polar surface area (TPSA) is 37.2 Å². The number of nitrogens with zero attached hydrogens (tertiary/aromatic N) is 3. The van der Waals surface area contributed by atoms with Crippen LogP contribution in [0.15, 0.2) is 58.5 Å². The Morgan fingerprint density at radius 1 is 1.07 bits per heavy atom. The summed E-state index contributed by atoms with van der Waals surface area (Å²) in [5, 5.41) is 1.03. The van der Waals surface area contributed by atoms with Gasteiger partial charge in [-0.05, 0) is 68.0 Å². The Morgan fingerprint density at radius 2 is 1.79 bits per heavy atom. The van der Waals surface area contributed by atoms with Crippen LogP contribution in [0, 0.1) is 6.92 Å². The summed E-state index contributed by atoms with van der Waals surface area (Å²) in [6.45, 7) is 2.11. The first kappa shape index (κ1) is 22.2. The molecule has 0 unspecified atom stereocenters. The van der Waals surface area contributed by atoms with Crippen molar-refractivity contribution in [2.45, 2.75) is 44.6 Å². The van der Waals surface area contributed by atoms with Crippen molar-refractivity contribution in [2.75, 3.05) is 18.3 Å². The second kappa shape index (κ2) is 9.51. The Kier molecular flexibility index (Phi) is 7.27. The molecule has 2 aliphatic rings. The Balaban J connectivity index is 0.00000240. The molecule has 0 aromatic heterocycles. The van der Waals surface area contributed by atoms with E-state index in [4.69, 9.17) is 14.7 Å². The lowest BCUT2D eigenvalue weighted by atomic mass is 9.79. The van der Waals surface area contributed by atoms with Crippen LogP contribution in [-0.2, 0) is 0 Å². The molecule has 1 saturated carbocycles. The zero-order valence-electron chi connectivity index (χ0n) is 17.2. The highest BCUT2D eigenvalue weighted by molar-refractivity contribution is 14.0. The molecule has 2 aromatic carbocycles. The van der Waals surface area contributed by atoms with Gasteiger partial charge in [-0.1, -0.05) is 43.2 Å². The second-order valence-electron chi connectivity index (χ2n) is 7.50. The first-order valence-corrected chi connectivity index (χ1v) is 11.1. The summed E-state index contributed by atoms with van der Waals surface area (Å²) in [6.07, 6.45) is 7.95. The quantitative estimate of drug-likeness (QED) is 0.428. The molecule has 0 bridgehead atoms. The van der Waals surface area contributed by atoms with Gasteiger partial charge in [-0.3, -0.25) is 0 Å². The molecule has 6 heteroatoms. The monoisotopic (exact) mass is 521 g/mol. The van der Waals surface area contributed by atoms with Crippen LogP contribution < -0.4 is 9.64 Å². The van der Waals surface area contributed by atoms with E-state index < -0.39 is 0 Å². The van der Waals surface area contributed by atoms with Gasteiger partial charge in [0.15, 0.2) is 11.0 Å². The number of rotatable bonds is 3. The molecule has 1 fully saturated rings. The molecule has 0 saturated heterocycles. The zero-order chi connectivity index (χ0) is 19.6. The van der Waals surface area contributed by atoms with Crippen molar-refractivity contribution in [3.8, 4) is 5.75 Å². The maximum absolute atomic E-state index is 5.36. The molecule has 29 heavy (non-hydrogen) atoms. The summed E-state index contributed by atoms with van der Waals surface area (Å²) >= 11 is 1.69. The smallest absolute Gasteiger partial charge is 0.170 e. The van der Waals surface area contributed by atoms with E-state index in [1.807, 2.05) is 12.1 Å². The van der Waals surface area contributed by atoms with Crippen molar-refractivity contribution in [3.05, 3.63) is 54.1 Å². The average Bonchev–Trinajstić information content (AvgIpc) is 3.01. The first-order valence-electron chi connectivity index (χ1n) is 9.89. The van der Waals surface area contributed by atoms with E-state index in [-0.39, 0.29) is 29.5 Å².